The van der Waals surface area contributed by atoms with Gasteiger partial charge in [0.1, 0.15) is 5.82 Å². The van der Waals surface area contributed by atoms with Crippen molar-refractivity contribution in [2.24, 2.45) is 0 Å². The quantitative estimate of drug-likeness (QED) is 0.683. The number of nitrogens with one attached hydrogen (secondary N) is 1. The monoisotopic (exact) mass is 336 g/mol. The number of hydrogen-bond donors (Lipinski definition) is 2. The molecule has 0 amide bonds. The third kappa shape index (κ3) is 4.50. The normalized spacial score (nSPS) is 12.1. The van der Waals surface area contributed by atoms with Crippen molar-refractivity contribution in [1.82, 2.24) is 10.3 Å². The minimum Gasteiger partial charge on any atom is -0.396 e. The first kappa shape index (κ1) is 17.3. The second-order valence-electron chi connectivity index (χ2n) is 5.90. The SMILES string of the molecule is OCC[C@@H](NCc1ccc(-c2ccncc2)cc1F)c1ccccc1. The standard InChI is InChI=1S/C21H21FN2O/c22-20-14-18(16-8-11-23-12-9-16)6-7-19(20)15-24-21(10-13-25)17-4-2-1-3-5-17/h1-9,11-12,14,21,24-25H,10,13,15H2/t21-/m1/s1. The molecular weight excluding hydrogens is 315 g/mol. The zero-order valence-corrected chi connectivity index (χ0v) is 13.9. The summed E-state index contributed by atoms with van der Waals surface area (Å²) < 4.78 is 14.5. The molecule has 2 N–H and O–H groups in total. The molecule has 1 heterocycles. The van der Waals surface area contributed by atoms with Crippen LogP contribution in [0.3, 0.4) is 0 Å². The van der Waals surface area contributed by atoms with E-state index in [2.05, 4.69) is 10.3 Å². The van der Waals surface area contributed by atoms with Gasteiger partial charge in [-0.2, -0.15) is 0 Å². The van der Waals surface area contributed by atoms with Gasteiger partial charge < -0.3 is 10.4 Å². The number of nitrogens with zero attached hydrogens (tertiary/aromatic N) is 1. The second kappa shape index (κ2) is 8.51. The highest BCUT2D eigenvalue weighted by atomic mass is 19.1. The van der Waals surface area contributed by atoms with E-state index in [4.69, 9.17) is 0 Å². The molecule has 4 heteroatoms. The van der Waals surface area contributed by atoms with E-state index >= 15 is 0 Å². The summed E-state index contributed by atoms with van der Waals surface area (Å²) in [5.74, 6) is -0.238. The molecule has 0 bridgehead atoms. The van der Waals surface area contributed by atoms with Gasteiger partial charge in [0.2, 0.25) is 0 Å². The topological polar surface area (TPSA) is 45.1 Å². The Hall–Kier alpha value is -2.56. The molecule has 0 spiro atoms. The fraction of sp³-hybridized carbons (Fsp3) is 0.190. The number of aliphatic hydroxyl groups is 1. The Labute approximate surface area is 147 Å². The predicted octanol–water partition coefficient (Wildman–Crippen LogP) is 4.10. The lowest BCUT2D eigenvalue weighted by molar-refractivity contribution is 0.265. The molecule has 0 radical (unpaired) electrons. The first-order valence-electron chi connectivity index (χ1n) is 8.36. The van der Waals surface area contributed by atoms with E-state index in [-0.39, 0.29) is 18.5 Å². The van der Waals surface area contributed by atoms with Crippen LogP contribution in [0.25, 0.3) is 11.1 Å². The van der Waals surface area contributed by atoms with Crippen molar-refractivity contribution >= 4 is 0 Å². The fourth-order valence-electron chi connectivity index (χ4n) is 2.85. The Morgan fingerprint density at radius 2 is 1.72 bits per heavy atom. The summed E-state index contributed by atoms with van der Waals surface area (Å²) in [7, 11) is 0. The summed E-state index contributed by atoms with van der Waals surface area (Å²) in [5.41, 5.74) is 3.47. The minimum atomic E-state index is -0.238. The van der Waals surface area contributed by atoms with Gasteiger partial charge in [0.25, 0.3) is 0 Å². The minimum absolute atomic E-state index is 0.00882. The number of benzene rings is 2. The summed E-state index contributed by atoms with van der Waals surface area (Å²) >= 11 is 0. The van der Waals surface area contributed by atoms with E-state index in [0.717, 1.165) is 16.7 Å². The molecule has 0 aliphatic rings. The zero-order valence-electron chi connectivity index (χ0n) is 13.9. The first-order chi connectivity index (χ1) is 12.3. The maximum atomic E-state index is 14.5. The Bertz CT molecular complexity index is 794. The Balaban J connectivity index is 1.72. The van der Waals surface area contributed by atoms with Gasteiger partial charge in [0, 0.05) is 37.2 Å². The molecule has 2 aromatic carbocycles. The van der Waals surface area contributed by atoms with Crippen molar-refractivity contribution in [1.29, 1.82) is 0 Å². The number of rotatable bonds is 7. The molecule has 3 rings (SSSR count). The molecule has 128 valence electrons. The molecule has 1 atom stereocenters. The van der Waals surface area contributed by atoms with Crippen molar-refractivity contribution in [3.63, 3.8) is 0 Å². The molecule has 0 saturated heterocycles. The van der Waals surface area contributed by atoms with Crippen LogP contribution in [0, 0.1) is 5.82 Å². The molecule has 1 aromatic heterocycles. The maximum absolute atomic E-state index is 14.5. The molecule has 25 heavy (non-hydrogen) atoms. The number of aliphatic hydroxyl groups excluding tert-OH is 1. The Morgan fingerprint density at radius 1 is 0.960 bits per heavy atom. The van der Waals surface area contributed by atoms with Crippen LogP contribution < -0.4 is 5.32 Å². The van der Waals surface area contributed by atoms with E-state index in [1.165, 1.54) is 0 Å². The van der Waals surface area contributed by atoms with Crippen LogP contribution in [0.15, 0.2) is 73.1 Å². The fourth-order valence-corrected chi connectivity index (χ4v) is 2.85. The van der Waals surface area contributed by atoms with Crippen LogP contribution in [0.1, 0.15) is 23.6 Å². The van der Waals surface area contributed by atoms with E-state index in [0.29, 0.717) is 18.5 Å². The number of halogens is 1. The molecule has 0 fully saturated rings. The lowest BCUT2D eigenvalue weighted by Crippen LogP contribution is -2.22. The molecular formula is C21H21FN2O. The van der Waals surface area contributed by atoms with Gasteiger partial charge in [-0.15, -0.1) is 0 Å². The molecule has 3 aromatic rings. The highest BCUT2D eigenvalue weighted by Gasteiger charge is 2.12. The van der Waals surface area contributed by atoms with Crippen molar-refractivity contribution in [2.45, 2.75) is 19.0 Å². The predicted molar refractivity (Wildman–Crippen MR) is 97.4 cm³/mol. The van der Waals surface area contributed by atoms with E-state index in [9.17, 15) is 9.50 Å². The number of pyridine rings is 1. The summed E-state index contributed by atoms with van der Waals surface area (Å²) in [6, 6.07) is 18.9. The van der Waals surface area contributed by atoms with Gasteiger partial charge in [0.05, 0.1) is 0 Å². The third-order valence-electron chi connectivity index (χ3n) is 4.23. The van der Waals surface area contributed by atoms with Crippen LogP contribution in [-0.4, -0.2) is 16.7 Å². The maximum Gasteiger partial charge on any atom is 0.128 e. The van der Waals surface area contributed by atoms with Gasteiger partial charge in [-0.1, -0.05) is 42.5 Å². The van der Waals surface area contributed by atoms with Gasteiger partial charge >= 0.3 is 0 Å². The largest absolute Gasteiger partial charge is 0.396 e. The average molecular weight is 336 g/mol. The van der Waals surface area contributed by atoms with Gasteiger partial charge in [-0.05, 0) is 41.3 Å². The van der Waals surface area contributed by atoms with Crippen molar-refractivity contribution in [3.05, 3.63) is 90.0 Å². The molecule has 0 unspecified atom stereocenters. The highest BCUT2D eigenvalue weighted by Crippen LogP contribution is 2.22. The Morgan fingerprint density at radius 3 is 2.40 bits per heavy atom. The summed E-state index contributed by atoms with van der Waals surface area (Å²) in [4.78, 5) is 3.98. The molecule has 0 saturated carbocycles. The summed E-state index contributed by atoms with van der Waals surface area (Å²) in [6.07, 6.45) is 3.98. The van der Waals surface area contributed by atoms with Crippen molar-refractivity contribution in [3.8, 4) is 11.1 Å². The van der Waals surface area contributed by atoms with Crippen molar-refractivity contribution in [2.75, 3.05) is 6.61 Å². The van der Waals surface area contributed by atoms with Crippen LogP contribution in [0.5, 0.6) is 0 Å². The van der Waals surface area contributed by atoms with Gasteiger partial charge in [-0.25, -0.2) is 4.39 Å². The zero-order chi connectivity index (χ0) is 17.5. The lowest BCUT2D eigenvalue weighted by Gasteiger charge is -2.19. The van der Waals surface area contributed by atoms with Crippen LogP contribution >= 0.6 is 0 Å². The average Bonchev–Trinajstić information content (AvgIpc) is 2.67. The van der Waals surface area contributed by atoms with Crippen LogP contribution in [-0.2, 0) is 6.54 Å². The molecule has 0 aliphatic carbocycles. The van der Waals surface area contributed by atoms with Crippen LogP contribution in [0.4, 0.5) is 4.39 Å². The lowest BCUT2D eigenvalue weighted by atomic mass is 10.0. The van der Waals surface area contributed by atoms with Crippen LogP contribution in [0.2, 0.25) is 0 Å². The molecule has 0 aliphatic heterocycles. The summed E-state index contributed by atoms with van der Waals surface area (Å²) in [6.45, 7) is 0.484. The summed E-state index contributed by atoms with van der Waals surface area (Å²) in [5, 5.41) is 12.6. The number of hydrogen-bond acceptors (Lipinski definition) is 3. The van der Waals surface area contributed by atoms with E-state index in [1.54, 1.807) is 24.5 Å². The van der Waals surface area contributed by atoms with E-state index in [1.807, 2.05) is 48.5 Å². The second-order valence-corrected chi connectivity index (χ2v) is 5.90. The van der Waals surface area contributed by atoms with E-state index < -0.39 is 0 Å². The third-order valence-corrected chi connectivity index (χ3v) is 4.23. The van der Waals surface area contributed by atoms with Gasteiger partial charge in [0.15, 0.2) is 0 Å². The van der Waals surface area contributed by atoms with Crippen molar-refractivity contribution < 1.29 is 9.50 Å². The number of aromatic nitrogens is 1. The highest BCUT2D eigenvalue weighted by molar-refractivity contribution is 5.63. The van der Waals surface area contributed by atoms with Gasteiger partial charge in [-0.3, -0.25) is 4.98 Å². The Kier molecular flexibility index (Phi) is 5.88. The smallest absolute Gasteiger partial charge is 0.128 e. The molecule has 3 nitrogen and oxygen atoms in total. The first-order valence-corrected chi connectivity index (χ1v) is 8.36.